The molecule has 1 atom stereocenters. The van der Waals surface area contributed by atoms with Crippen molar-refractivity contribution in [1.82, 2.24) is 10.5 Å². The first-order valence-electron chi connectivity index (χ1n) is 10.0. The Balaban J connectivity index is 1.47. The number of benzene rings is 1. The summed E-state index contributed by atoms with van der Waals surface area (Å²) in [6, 6.07) is 11.0. The van der Waals surface area contributed by atoms with Crippen LogP contribution in [0.5, 0.6) is 0 Å². The summed E-state index contributed by atoms with van der Waals surface area (Å²) in [5.41, 5.74) is 1.26. The lowest BCUT2D eigenvalue weighted by atomic mass is 9.81. The number of rotatable bonds is 7. The molecule has 1 N–H and O–H groups in total. The summed E-state index contributed by atoms with van der Waals surface area (Å²) >= 11 is 0. The summed E-state index contributed by atoms with van der Waals surface area (Å²) in [5.74, 6) is 1.17. The molecule has 1 aromatic carbocycles. The van der Waals surface area contributed by atoms with E-state index in [1.165, 1.54) is 6.42 Å². The Morgan fingerprint density at radius 2 is 1.81 bits per heavy atom. The van der Waals surface area contributed by atoms with Crippen LogP contribution in [0.4, 0.5) is 0 Å². The van der Waals surface area contributed by atoms with Gasteiger partial charge in [0.15, 0.2) is 11.5 Å². The number of amides is 1. The van der Waals surface area contributed by atoms with Gasteiger partial charge in [-0.25, -0.2) is 0 Å². The number of hydrogen-bond acceptors (Lipinski definition) is 4. The molecule has 2 fully saturated rings. The number of aromatic nitrogens is 1. The van der Waals surface area contributed by atoms with Crippen molar-refractivity contribution in [2.24, 2.45) is 5.92 Å². The maximum Gasteiger partial charge on any atom is 0.274 e. The van der Waals surface area contributed by atoms with E-state index in [1.807, 2.05) is 30.3 Å². The van der Waals surface area contributed by atoms with Crippen LogP contribution in [0.3, 0.4) is 0 Å². The molecule has 4 rings (SSSR count). The number of nitrogens with one attached hydrogen (secondary N) is 1. The van der Waals surface area contributed by atoms with E-state index in [0.717, 1.165) is 49.8 Å². The summed E-state index contributed by atoms with van der Waals surface area (Å²) in [6.07, 6.45) is 7.94. The summed E-state index contributed by atoms with van der Waals surface area (Å²) in [5, 5.41) is 6.91. The van der Waals surface area contributed by atoms with Crippen LogP contribution in [-0.4, -0.2) is 22.9 Å². The minimum absolute atomic E-state index is 0.0763. The largest absolute Gasteiger partial charge is 0.360 e. The molecule has 5 nitrogen and oxygen atoms in total. The predicted molar refractivity (Wildman–Crippen MR) is 101 cm³/mol. The maximum absolute atomic E-state index is 13.0. The molecule has 2 aliphatic rings. The third kappa shape index (κ3) is 4.46. The molecule has 2 aliphatic carbocycles. The Hall–Kier alpha value is -2.43. The van der Waals surface area contributed by atoms with Gasteiger partial charge in [0.05, 0.1) is 6.04 Å². The average molecular weight is 366 g/mol. The second-order valence-corrected chi connectivity index (χ2v) is 7.87. The van der Waals surface area contributed by atoms with Crippen LogP contribution in [0.25, 0.3) is 0 Å². The fourth-order valence-corrected chi connectivity index (χ4v) is 4.01. The molecule has 142 valence electrons. The summed E-state index contributed by atoms with van der Waals surface area (Å²) < 4.78 is 5.30. The van der Waals surface area contributed by atoms with E-state index >= 15 is 0 Å². The van der Waals surface area contributed by atoms with Gasteiger partial charge < -0.3 is 9.84 Å². The first-order valence-corrected chi connectivity index (χ1v) is 10.0. The lowest BCUT2D eigenvalue weighted by Gasteiger charge is -2.29. The van der Waals surface area contributed by atoms with Gasteiger partial charge in [-0.1, -0.05) is 54.8 Å². The average Bonchev–Trinajstić information content (AvgIpc) is 3.44. The lowest BCUT2D eigenvalue weighted by Crippen LogP contribution is -2.47. The SMILES string of the molecule is O=C(NC(C(=O)Cc1ccccc1)C1CCCCC1)c1cc(C2CC2)on1. The van der Waals surface area contributed by atoms with Gasteiger partial charge in [-0.2, -0.15) is 0 Å². The number of Topliss-reactive ketones (excluding diaryl/α,β-unsaturated/α-hetero) is 1. The van der Waals surface area contributed by atoms with E-state index in [-0.39, 0.29) is 23.3 Å². The van der Waals surface area contributed by atoms with E-state index in [4.69, 9.17) is 4.52 Å². The summed E-state index contributed by atoms with van der Waals surface area (Å²) in [4.78, 5) is 25.8. The van der Waals surface area contributed by atoms with Gasteiger partial charge in [0.25, 0.3) is 5.91 Å². The molecule has 5 heteroatoms. The van der Waals surface area contributed by atoms with Crippen LogP contribution in [0, 0.1) is 5.92 Å². The van der Waals surface area contributed by atoms with Gasteiger partial charge >= 0.3 is 0 Å². The van der Waals surface area contributed by atoms with Crippen molar-refractivity contribution in [3.05, 3.63) is 53.4 Å². The smallest absolute Gasteiger partial charge is 0.274 e. The normalized spacial score (nSPS) is 18.8. The van der Waals surface area contributed by atoms with E-state index < -0.39 is 6.04 Å². The fourth-order valence-electron chi connectivity index (χ4n) is 4.01. The van der Waals surface area contributed by atoms with Gasteiger partial charge in [0, 0.05) is 18.4 Å². The second kappa shape index (κ2) is 8.07. The fraction of sp³-hybridized carbons (Fsp3) is 0.500. The van der Waals surface area contributed by atoms with E-state index in [2.05, 4.69) is 10.5 Å². The van der Waals surface area contributed by atoms with Crippen molar-refractivity contribution in [2.45, 2.75) is 63.3 Å². The molecule has 0 saturated heterocycles. The standard InChI is InChI=1S/C22H26N2O3/c25-19(13-15-7-3-1-4-8-15)21(17-9-5-2-6-10-17)23-22(26)18-14-20(27-24-18)16-11-12-16/h1,3-4,7-8,14,16-17,21H,2,5-6,9-13H2,(H,23,26). The minimum Gasteiger partial charge on any atom is -0.360 e. The van der Waals surface area contributed by atoms with E-state index in [1.54, 1.807) is 6.07 Å². The van der Waals surface area contributed by atoms with Gasteiger partial charge in [0.1, 0.15) is 5.76 Å². The minimum atomic E-state index is -0.459. The van der Waals surface area contributed by atoms with Crippen molar-refractivity contribution >= 4 is 11.7 Å². The first-order chi connectivity index (χ1) is 13.2. The summed E-state index contributed by atoms with van der Waals surface area (Å²) in [6.45, 7) is 0. The van der Waals surface area contributed by atoms with Crippen LogP contribution in [-0.2, 0) is 11.2 Å². The molecule has 1 unspecified atom stereocenters. The van der Waals surface area contributed by atoms with Gasteiger partial charge in [-0.3, -0.25) is 9.59 Å². The van der Waals surface area contributed by atoms with Crippen molar-refractivity contribution in [3.8, 4) is 0 Å². The molecule has 0 aliphatic heterocycles. The molecule has 0 spiro atoms. The summed E-state index contributed by atoms with van der Waals surface area (Å²) in [7, 11) is 0. The highest BCUT2D eigenvalue weighted by Crippen LogP contribution is 2.40. The maximum atomic E-state index is 13.0. The number of carbonyl (C=O) groups is 2. The highest BCUT2D eigenvalue weighted by atomic mass is 16.5. The molecule has 1 heterocycles. The van der Waals surface area contributed by atoms with Crippen LogP contribution in [0.15, 0.2) is 40.9 Å². The molecule has 2 aromatic rings. The third-order valence-electron chi connectivity index (χ3n) is 5.72. The number of nitrogens with zero attached hydrogens (tertiary/aromatic N) is 1. The van der Waals surface area contributed by atoms with Crippen molar-refractivity contribution in [1.29, 1.82) is 0 Å². The van der Waals surface area contributed by atoms with Crippen molar-refractivity contribution in [2.75, 3.05) is 0 Å². The number of carbonyl (C=O) groups excluding carboxylic acids is 2. The molecule has 1 amide bonds. The lowest BCUT2D eigenvalue weighted by molar-refractivity contribution is -0.121. The second-order valence-electron chi connectivity index (χ2n) is 7.87. The van der Waals surface area contributed by atoms with Crippen molar-refractivity contribution < 1.29 is 14.1 Å². The Bertz CT molecular complexity index is 789. The molecular formula is C22H26N2O3. The molecule has 2 saturated carbocycles. The first kappa shape index (κ1) is 18.0. The molecule has 0 radical (unpaired) electrons. The third-order valence-corrected chi connectivity index (χ3v) is 5.72. The van der Waals surface area contributed by atoms with E-state index in [9.17, 15) is 9.59 Å². The van der Waals surface area contributed by atoms with Crippen LogP contribution in [0.1, 0.15) is 72.7 Å². The number of ketones is 1. The topological polar surface area (TPSA) is 72.2 Å². The van der Waals surface area contributed by atoms with Crippen LogP contribution in [0.2, 0.25) is 0 Å². The Labute approximate surface area is 159 Å². The number of hydrogen-bond donors (Lipinski definition) is 1. The van der Waals surface area contributed by atoms with E-state index in [0.29, 0.717) is 12.3 Å². The Kier molecular flexibility index (Phi) is 5.37. The highest BCUT2D eigenvalue weighted by molar-refractivity contribution is 5.97. The Morgan fingerprint density at radius 1 is 1.07 bits per heavy atom. The van der Waals surface area contributed by atoms with Gasteiger partial charge in [-0.05, 0) is 37.2 Å². The van der Waals surface area contributed by atoms with Gasteiger partial charge in [0.2, 0.25) is 0 Å². The highest BCUT2D eigenvalue weighted by Gasteiger charge is 2.33. The van der Waals surface area contributed by atoms with Gasteiger partial charge in [-0.15, -0.1) is 0 Å². The molecule has 0 bridgehead atoms. The Morgan fingerprint density at radius 3 is 2.52 bits per heavy atom. The van der Waals surface area contributed by atoms with Crippen LogP contribution < -0.4 is 5.32 Å². The zero-order valence-corrected chi connectivity index (χ0v) is 15.5. The van der Waals surface area contributed by atoms with Crippen molar-refractivity contribution in [3.63, 3.8) is 0 Å². The van der Waals surface area contributed by atoms with Crippen LogP contribution >= 0.6 is 0 Å². The molecular weight excluding hydrogens is 340 g/mol. The zero-order valence-electron chi connectivity index (χ0n) is 15.5. The predicted octanol–water partition coefficient (Wildman–Crippen LogP) is 4.04. The quantitative estimate of drug-likeness (QED) is 0.803. The monoisotopic (exact) mass is 366 g/mol. The zero-order chi connectivity index (χ0) is 18.6. The molecule has 27 heavy (non-hydrogen) atoms. The molecule has 1 aromatic heterocycles.